The summed E-state index contributed by atoms with van der Waals surface area (Å²) in [6.45, 7) is 1.95. The van der Waals surface area contributed by atoms with Crippen LogP contribution in [0, 0.1) is 6.92 Å². The molecule has 0 fully saturated rings. The zero-order valence-corrected chi connectivity index (χ0v) is 11.7. The van der Waals surface area contributed by atoms with Crippen molar-refractivity contribution in [3.05, 3.63) is 42.9 Å². The van der Waals surface area contributed by atoms with Gasteiger partial charge in [-0.3, -0.25) is 4.79 Å². The fourth-order valence-electron chi connectivity index (χ4n) is 1.14. The highest BCUT2D eigenvalue weighted by Gasteiger charge is 2.18. The smallest absolute Gasteiger partial charge is 0.239 e. The van der Waals surface area contributed by atoms with E-state index in [9.17, 15) is 4.79 Å². The molecule has 0 unspecified atom stereocenters. The van der Waals surface area contributed by atoms with Crippen LogP contribution in [0.1, 0.15) is 21.0 Å². The lowest BCUT2D eigenvalue weighted by atomic mass is 10.2. The van der Waals surface area contributed by atoms with Crippen molar-refractivity contribution in [3.8, 4) is 0 Å². The Morgan fingerprint density at radius 3 is 2.67 bits per heavy atom. The number of thiophene rings is 1. The highest BCUT2D eigenvalue weighted by molar-refractivity contribution is 9.11. The Hall–Kier alpha value is -0.390. The molecule has 0 atom stereocenters. The number of halogens is 2. The Labute approximate surface area is 108 Å². The van der Waals surface area contributed by atoms with E-state index in [0.717, 1.165) is 9.35 Å². The van der Waals surface area contributed by atoms with E-state index < -0.39 is 0 Å². The van der Waals surface area contributed by atoms with Gasteiger partial charge in [0.05, 0.1) is 19.4 Å². The van der Waals surface area contributed by atoms with Crippen molar-refractivity contribution in [3.63, 3.8) is 0 Å². The van der Waals surface area contributed by atoms with Crippen molar-refractivity contribution in [2.75, 3.05) is 0 Å². The third-order valence-electron chi connectivity index (χ3n) is 1.90. The summed E-state index contributed by atoms with van der Waals surface area (Å²) >= 11 is 8.07. The van der Waals surface area contributed by atoms with E-state index in [2.05, 4.69) is 31.9 Å². The molecule has 0 aliphatic rings. The fourth-order valence-corrected chi connectivity index (χ4v) is 2.99. The molecule has 0 amide bonds. The summed E-state index contributed by atoms with van der Waals surface area (Å²) in [6.07, 6.45) is 1.49. The first kappa shape index (κ1) is 11.1. The van der Waals surface area contributed by atoms with Crippen LogP contribution < -0.4 is 0 Å². The SMILES string of the molecule is Cc1cc(C(=O)c2occc2Br)sc1Br. The van der Waals surface area contributed by atoms with Gasteiger partial charge in [-0.25, -0.2) is 0 Å². The van der Waals surface area contributed by atoms with E-state index in [4.69, 9.17) is 4.42 Å². The van der Waals surface area contributed by atoms with Crippen LogP contribution in [0.5, 0.6) is 0 Å². The van der Waals surface area contributed by atoms with Gasteiger partial charge in [0.1, 0.15) is 0 Å². The van der Waals surface area contributed by atoms with E-state index in [0.29, 0.717) is 15.1 Å². The summed E-state index contributed by atoms with van der Waals surface area (Å²) in [5.41, 5.74) is 1.06. The molecule has 2 aromatic heterocycles. The third-order valence-corrected chi connectivity index (χ3v) is 4.66. The molecule has 0 spiro atoms. The maximum atomic E-state index is 12.0. The zero-order chi connectivity index (χ0) is 11.0. The molecule has 0 aromatic carbocycles. The third kappa shape index (κ3) is 2.09. The molecule has 0 aliphatic carbocycles. The second-order valence-electron chi connectivity index (χ2n) is 2.99. The molecule has 15 heavy (non-hydrogen) atoms. The molecule has 5 heteroatoms. The molecular formula is C10H6Br2O2S. The van der Waals surface area contributed by atoms with E-state index in [-0.39, 0.29) is 5.78 Å². The van der Waals surface area contributed by atoms with Gasteiger partial charge in [0.2, 0.25) is 5.78 Å². The largest absolute Gasteiger partial charge is 0.460 e. The van der Waals surface area contributed by atoms with Gasteiger partial charge in [-0.15, -0.1) is 11.3 Å². The molecule has 0 saturated heterocycles. The summed E-state index contributed by atoms with van der Waals surface area (Å²) in [7, 11) is 0. The van der Waals surface area contributed by atoms with Crippen LogP contribution in [0.3, 0.4) is 0 Å². The number of rotatable bonds is 2. The predicted octanol–water partition coefficient (Wildman–Crippen LogP) is 4.41. The topological polar surface area (TPSA) is 30.2 Å². The number of hydrogen-bond donors (Lipinski definition) is 0. The summed E-state index contributed by atoms with van der Waals surface area (Å²) < 4.78 is 6.79. The molecule has 2 aromatic rings. The van der Waals surface area contributed by atoms with Gasteiger partial charge in [-0.1, -0.05) is 0 Å². The lowest BCUT2D eigenvalue weighted by molar-refractivity contribution is 0.101. The number of hydrogen-bond acceptors (Lipinski definition) is 3. The molecule has 0 saturated carbocycles. The lowest BCUT2D eigenvalue weighted by Crippen LogP contribution is -1.96. The number of carbonyl (C=O) groups excluding carboxylic acids is 1. The van der Waals surface area contributed by atoms with Crippen molar-refractivity contribution in [2.24, 2.45) is 0 Å². The number of aryl methyl sites for hydroxylation is 1. The quantitative estimate of drug-likeness (QED) is 0.752. The molecule has 2 nitrogen and oxygen atoms in total. The first-order chi connectivity index (χ1) is 7.09. The van der Waals surface area contributed by atoms with Gasteiger partial charge in [0.25, 0.3) is 0 Å². The standard InChI is InChI=1S/C10H6Br2O2S/c1-5-4-7(15-10(5)12)8(13)9-6(11)2-3-14-9/h2-4H,1H3. The van der Waals surface area contributed by atoms with E-state index in [1.54, 1.807) is 6.07 Å². The Bertz CT molecular complexity index is 494. The highest BCUT2D eigenvalue weighted by atomic mass is 79.9. The second-order valence-corrected chi connectivity index (χ2v) is 6.22. The van der Waals surface area contributed by atoms with E-state index >= 15 is 0 Å². The van der Waals surface area contributed by atoms with Gasteiger partial charge >= 0.3 is 0 Å². The Balaban J connectivity index is 2.41. The number of furan rings is 1. The Morgan fingerprint density at radius 2 is 2.20 bits per heavy atom. The van der Waals surface area contributed by atoms with Crippen molar-refractivity contribution in [1.29, 1.82) is 0 Å². The van der Waals surface area contributed by atoms with Gasteiger partial charge < -0.3 is 4.42 Å². The molecule has 0 N–H and O–H groups in total. The van der Waals surface area contributed by atoms with E-state index in [1.165, 1.54) is 17.6 Å². The van der Waals surface area contributed by atoms with Gasteiger partial charge in [-0.05, 0) is 56.5 Å². The molecule has 2 rings (SSSR count). The molecule has 78 valence electrons. The molecular weight excluding hydrogens is 344 g/mol. The van der Waals surface area contributed by atoms with Crippen LogP contribution in [0.25, 0.3) is 0 Å². The Morgan fingerprint density at radius 1 is 1.47 bits per heavy atom. The minimum absolute atomic E-state index is 0.0920. The predicted molar refractivity (Wildman–Crippen MR) is 66.6 cm³/mol. The average Bonchev–Trinajstić information content (AvgIpc) is 2.74. The monoisotopic (exact) mass is 348 g/mol. The van der Waals surface area contributed by atoms with Gasteiger partial charge in [-0.2, -0.15) is 0 Å². The van der Waals surface area contributed by atoms with E-state index in [1.807, 2.05) is 13.0 Å². The normalized spacial score (nSPS) is 10.6. The maximum absolute atomic E-state index is 12.0. The summed E-state index contributed by atoms with van der Waals surface area (Å²) in [5.74, 6) is 0.259. The van der Waals surface area contributed by atoms with Crippen LogP contribution >= 0.6 is 43.2 Å². The molecule has 0 bridgehead atoms. The van der Waals surface area contributed by atoms with Crippen molar-refractivity contribution in [1.82, 2.24) is 0 Å². The lowest BCUT2D eigenvalue weighted by Gasteiger charge is -1.92. The van der Waals surface area contributed by atoms with Crippen LogP contribution in [-0.4, -0.2) is 5.78 Å². The molecule has 0 radical (unpaired) electrons. The number of ketones is 1. The molecule has 2 heterocycles. The van der Waals surface area contributed by atoms with Crippen molar-refractivity contribution >= 4 is 49.0 Å². The van der Waals surface area contributed by atoms with Crippen LogP contribution in [-0.2, 0) is 0 Å². The zero-order valence-electron chi connectivity index (χ0n) is 7.71. The summed E-state index contributed by atoms with van der Waals surface area (Å²) in [5, 5.41) is 0. The molecule has 0 aliphatic heterocycles. The second kappa shape index (κ2) is 4.23. The average molecular weight is 350 g/mol. The van der Waals surface area contributed by atoms with Crippen LogP contribution in [0.15, 0.2) is 31.1 Å². The minimum atomic E-state index is -0.0920. The highest BCUT2D eigenvalue weighted by Crippen LogP contribution is 2.30. The minimum Gasteiger partial charge on any atom is -0.460 e. The van der Waals surface area contributed by atoms with Crippen LogP contribution in [0.4, 0.5) is 0 Å². The Kier molecular flexibility index (Phi) is 3.13. The fraction of sp³-hybridized carbons (Fsp3) is 0.100. The van der Waals surface area contributed by atoms with Gasteiger partial charge in [0, 0.05) is 0 Å². The van der Waals surface area contributed by atoms with Crippen LogP contribution in [0.2, 0.25) is 0 Å². The van der Waals surface area contributed by atoms with Gasteiger partial charge in [0.15, 0.2) is 5.76 Å². The first-order valence-corrected chi connectivity index (χ1v) is 6.53. The summed E-state index contributed by atoms with van der Waals surface area (Å²) in [6, 6.07) is 3.56. The van der Waals surface area contributed by atoms with Crippen molar-refractivity contribution < 1.29 is 9.21 Å². The first-order valence-electron chi connectivity index (χ1n) is 4.13. The van der Waals surface area contributed by atoms with Crippen molar-refractivity contribution in [2.45, 2.75) is 6.92 Å². The maximum Gasteiger partial charge on any atom is 0.239 e. The number of carbonyl (C=O) groups is 1. The summed E-state index contributed by atoms with van der Waals surface area (Å²) in [4.78, 5) is 12.6.